The standard InChI is InChI=1S/C10H17F2O3P/c1-15-16(2,14)7-9(13)8-3-5-10(11,12)6-4-8/h8H,3-7H2,1-2H3. The van der Waals surface area contributed by atoms with Crippen LogP contribution in [0.15, 0.2) is 0 Å². The van der Waals surface area contributed by atoms with Gasteiger partial charge in [-0.3, -0.25) is 9.36 Å². The number of halogens is 2. The van der Waals surface area contributed by atoms with Crippen molar-refractivity contribution < 1.29 is 22.7 Å². The van der Waals surface area contributed by atoms with Crippen LogP contribution in [-0.4, -0.2) is 31.6 Å². The molecule has 1 aliphatic carbocycles. The molecule has 3 nitrogen and oxygen atoms in total. The van der Waals surface area contributed by atoms with E-state index in [-0.39, 0.29) is 43.5 Å². The van der Waals surface area contributed by atoms with Crippen LogP contribution in [0, 0.1) is 5.92 Å². The monoisotopic (exact) mass is 254 g/mol. The third kappa shape index (κ3) is 3.95. The molecule has 0 saturated heterocycles. The lowest BCUT2D eigenvalue weighted by Gasteiger charge is -2.27. The molecule has 0 aromatic rings. The van der Waals surface area contributed by atoms with Crippen molar-refractivity contribution in [2.45, 2.75) is 31.6 Å². The van der Waals surface area contributed by atoms with Gasteiger partial charge in [0.1, 0.15) is 5.78 Å². The van der Waals surface area contributed by atoms with E-state index in [1.165, 1.54) is 13.8 Å². The van der Waals surface area contributed by atoms with Crippen molar-refractivity contribution in [2.75, 3.05) is 19.9 Å². The van der Waals surface area contributed by atoms with Gasteiger partial charge in [0.15, 0.2) is 0 Å². The zero-order valence-electron chi connectivity index (χ0n) is 9.54. The number of ketones is 1. The second kappa shape index (κ2) is 4.92. The molecule has 1 unspecified atom stereocenters. The lowest BCUT2D eigenvalue weighted by molar-refractivity contribution is -0.124. The summed E-state index contributed by atoms with van der Waals surface area (Å²) < 4.78 is 42.0. The number of carbonyl (C=O) groups excluding carboxylic acids is 1. The number of hydrogen-bond donors (Lipinski definition) is 0. The molecule has 1 rings (SSSR count). The quantitative estimate of drug-likeness (QED) is 0.724. The van der Waals surface area contributed by atoms with Crippen molar-refractivity contribution in [2.24, 2.45) is 5.92 Å². The summed E-state index contributed by atoms with van der Waals surface area (Å²) >= 11 is 0. The van der Waals surface area contributed by atoms with Crippen LogP contribution >= 0.6 is 7.37 Å². The van der Waals surface area contributed by atoms with Gasteiger partial charge in [0.25, 0.3) is 0 Å². The van der Waals surface area contributed by atoms with E-state index in [2.05, 4.69) is 0 Å². The molecule has 0 bridgehead atoms. The third-order valence-corrected chi connectivity index (χ3v) is 4.66. The van der Waals surface area contributed by atoms with Crippen LogP contribution in [0.3, 0.4) is 0 Å². The van der Waals surface area contributed by atoms with Crippen LogP contribution in [-0.2, 0) is 13.9 Å². The van der Waals surface area contributed by atoms with Gasteiger partial charge in [-0.05, 0) is 12.8 Å². The van der Waals surface area contributed by atoms with Gasteiger partial charge in [0.05, 0.1) is 6.16 Å². The molecule has 1 atom stereocenters. The number of Topliss-reactive ketones (excluding diaryl/α,β-unsaturated/α-hetero) is 1. The Morgan fingerprint density at radius 2 is 1.94 bits per heavy atom. The van der Waals surface area contributed by atoms with Gasteiger partial charge >= 0.3 is 0 Å². The first kappa shape index (κ1) is 13.8. The molecule has 1 fully saturated rings. The highest BCUT2D eigenvalue weighted by Crippen LogP contribution is 2.44. The van der Waals surface area contributed by atoms with Crippen molar-refractivity contribution in [1.82, 2.24) is 0 Å². The summed E-state index contributed by atoms with van der Waals surface area (Å²) in [5, 5.41) is 0. The Kier molecular flexibility index (Phi) is 4.24. The first-order valence-electron chi connectivity index (χ1n) is 5.28. The summed E-state index contributed by atoms with van der Waals surface area (Å²) in [7, 11) is -1.57. The summed E-state index contributed by atoms with van der Waals surface area (Å²) in [4.78, 5) is 11.7. The third-order valence-electron chi connectivity index (χ3n) is 3.00. The fraction of sp³-hybridized carbons (Fsp3) is 0.900. The zero-order valence-corrected chi connectivity index (χ0v) is 10.4. The van der Waals surface area contributed by atoms with Crippen molar-refractivity contribution in [1.29, 1.82) is 0 Å². The Morgan fingerprint density at radius 3 is 2.38 bits per heavy atom. The summed E-state index contributed by atoms with van der Waals surface area (Å²) in [5.74, 6) is -3.21. The summed E-state index contributed by atoms with van der Waals surface area (Å²) in [5.41, 5.74) is 0. The fourth-order valence-corrected chi connectivity index (χ4v) is 2.79. The molecule has 0 radical (unpaired) electrons. The van der Waals surface area contributed by atoms with E-state index in [1.54, 1.807) is 0 Å². The Hall–Kier alpha value is -0.280. The second-order valence-corrected chi connectivity index (χ2v) is 7.16. The molecular weight excluding hydrogens is 237 g/mol. The lowest BCUT2D eigenvalue weighted by Crippen LogP contribution is -2.30. The first-order chi connectivity index (χ1) is 7.26. The van der Waals surface area contributed by atoms with Gasteiger partial charge in [-0.2, -0.15) is 0 Å². The molecule has 0 N–H and O–H groups in total. The topological polar surface area (TPSA) is 43.4 Å². The van der Waals surface area contributed by atoms with Crippen LogP contribution < -0.4 is 0 Å². The van der Waals surface area contributed by atoms with E-state index in [0.29, 0.717) is 0 Å². The molecule has 1 saturated carbocycles. The highest BCUT2D eigenvalue weighted by Gasteiger charge is 2.38. The number of hydrogen-bond acceptors (Lipinski definition) is 3. The maximum Gasteiger partial charge on any atom is 0.248 e. The van der Waals surface area contributed by atoms with E-state index in [0.717, 1.165) is 0 Å². The van der Waals surface area contributed by atoms with Gasteiger partial charge < -0.3 is 4.52 Å². The van der Waals surface area contributed by atoms with Crippen LogP contribution in [0.5, 0.6) is 0 Å². The van der Waals surface area contributed by atoms with Crippen LogP contribution in [0.25, 0.3) is 0 Å². The van der Waals surface area contributed by atoms with Crippen molar-refractivity contribution in [3.05, 3.63) is 0 Å². The Bertz CT molecular complexity index is 307. The molecule has 0 spiro atoms. The molecule has 0 aromatic carbocycles. The smallest absolute Gasteiger partial charge is 0.248 e. The molecule has 0 heterocycles. The molecule has 0 aliphatic heterocycles. The minimum absolute atomic E-state index is 0.139. The maximum atomic E-state index is 12.9. The minimum Gasteiger partial charge on any atom is -0.332 e. The van der Waals surface area contributed by atoms with Gasteiger partial charge in [-0.1, -0.05) is 0 Å². The SMILES string of the molecule is COP(C)(=O)CC(=O)C1CCC(F)(F)CC1. The Balaban J connectivity index is 2.49. The Morgan fingerprint density at radius 1 is 1.44 bits per heavy atom. The van der Waals surface area contributed by atoms with Gasteiger partial charge in [-0.15, -0.1) is 0 Å². The van der Waals surface area contributed by atoms with Gasteiger partial charge in [0, 0.05) is 32.5 Å². The van der Waals surface area contributed by atoms with Crippen molar-refractivity contribution in [3.63, 3.8) is 0 Å². The average Bonchev–Trinajstić information content (AvgIpc) is 2.16. The van der Waals surface area contributed by atoms with Crippen LogP contribution in [0.2, 0.25) is 0 Å². The lowest BCUT2D eigenvalue weighted by atomic mass is 9.84. The Labute approximate surface area is 94.0 Å². The first-order valence-corrected chi connectivity index (χ1v) is 7.54. The number of rotatable bonds is 4. The molecule has 0 amide bonds. The highest BCUT2D eigenvalue weighted by atomic mass is 31.2. The number of carbonyl (C=O) groups is 1. The molecule has 16 heavy (non-hydrogen) atoms. The van der Waals surface area contributed by atoms with E-state index >= 15 is 0 Å². The molecule has 1 aliphatic rings. The minimum atomic E-state index is -2.87. The zero-order chi connectivity index (χ0) is 12.4. The normalized spacial score (nSPS) is 25.0. The van der Waals surface area contributed by atoms with Crippen LogP contribution in [0.1, 0.15) is 25.7 Å². The fourth-order valence-electron chi connectivity index (χ4n) is 1.84. The summed E-state index contributed by atoms with van der Waals surface area (Å²) in [6.07, 6.45) is -0.250. The van der Waals surface area contributed by atoms with Gasteiger partial charge in [0.2, 0.25) is 13.3 Å². The van der Waals surface area contributed by atoms with Crippen molar-refractivity contribution in [3.8, 4) is 0 Å². The predicted octanol–water partition coefficient (Wildman–Crippen LogP) is 2.94. The van der Waals surface area contributed by atoms with Gasteiger partial charge in [-0.25, -0.2) is 8.78 Å². The summed E-state index contributed by atoms with van der Waals surface area (Å²) in [6, 6.07) is 0. The highest BCUT2D eigenvalue weighted by molar-refractivity contribution is 7.59. The second-order valence-electron chi connectivity index (χ2n) is 4.45. The van der Waals surface area contributed by atoms with E-state index in [1.807, 2.05) is 0 Å². The largest absolute Gasteiger partial charge is 0.332 e. The molecular formula is C10H17F2O3P. The van der Waals surface area contributed by atoms with Crippen molar-refractivity contribution >= 4 is 13.2 Å². The average molecular weight is 254 g/mol. The maximum absolute atomic E-state index is 12.9. The molecule has 0 aromatic heterocycles. The summed E-state index contributed by atoms with van der Waals surface area (Å²) in [6.45, 7) is 1.39. The number of alkyl halides is 2. The van der Waals surface area contributed by atoms with E-state index in [4.69, 9.17) is 4.52 Å². The van der Waals surface area contributed by atoms with E-state index < -0.39 is 13.3 Å². The van der Waals surface area contributed by atoms with E-state index in [9.17, 15) is 18.1 Å². The molecule has 6 heteroatoms. The molecule has 94 valence electrons. The predicted molar refractivity (Wildman–Crippen MR) is 57.3 cm³/mol. The van der Waals surface area contributed by atoms with Crippen LogP contribution in [0.4, 0.5) is 8.78 Å².